The smallest absolute Gasteiger partial charge is 0.288 e. The number of benzene rings is 2. The number of thiazole rings is 1. The van der Waals surface area contributed by atoms with Crippen molar-refractivity contribution < 1.29 is 13.6 Å². The number of halogens is 2. The summed E-state index contributed by atoms with van der Waals surface area (Å²) in [7, 11) is 1.61. The van der Waals surface area contributed by atoms with Gasteiger partial charge in [-0.15, -0.1) is 0 Å². The Morgan fingerprint density at radius 1 is 0.962 bits per heavy atom. The average molecular weight is 372 g/mol. The molecule has 0 N–H and O–H groups in total. The predicted octanol–water partition coefficient (Wildman–Crippen LogP) is 3.93. The van der Waals surface area contributed by atoms with Crippen LogP contribution in [-0.4, -0.2) is 10.5 Å². The van der Waals surface area contributed by atoms with Crippen LogP contribution in [0.5, 0.6) is 0 Å². The first kappa shape index (κ1) is 16.7. The third-order valence-corrected chi connectivity index (χ3v) is 5.66. The number of carbonyl (C=O) groups is 1. The van der Waals surface area contributed by atoms with E-state index >= 15 is 0 Å². The van der Waals surface area contributed by atoms with E-state index in [1.807, 2.05) is 0 Å². The van der Waals surface area contributed by atoms with Gasteiger partial charge in [0.1, 0.15) is 17.5 Å². The topological polar surface area (TPSA) is 42.3 Å². The molecule has 0 saturated heterocycles. The molecule has 1 aliphatic rings. The minimum Gasteiger partial charge on any atom is -0.288 e. The van der Waals surface area contributed by atoms with Gasteiger partial charge in [0.2, 0.25) is 5.91 Å². The van der Waals surface area contributed by atoms with Gasteiger partial charge in [0, 0.05) is 19.4 Å². The first-order valence-electron chi connectivity index (χ1n) is 7.99. The van der Waals surface area contributed by atoms with Gasteiger partial charge in [-0.25, -0.2) is 8.78 Å². The fourth-order valence-corrected chi connectivity index (χ4v) is 4.34. The van der Waals surface area contributed by atoms with Crippen LogP contribution < -0.4 is 9.77 Å². The molecule has 26 heavy (non-hydrogen) atoms. The maximum absolute atomic E-state index is 13.3. The van der Waals surface area contributed by atoms with Crippen molar-refractivity contribution in [2.45, 2.75) is 12.3 Å². The molecular weight excluding hydrogens is 358 g/mol. The van der Waals surface area contributed by atoms with E-state index in [0.717, 1.165) is 21.8 Å². The molecule has 3 aromatic rings. The Labute approximate surface area is 151 Å². The summed E-state index contributed by atoms with van der Waals surface area (Å²) in [5.74, 6) is -0.787. The highest BCUT2D eigenvalue weighted by Crippen LogP contribution is 2.44. The molecule has 2 heterocycles. The Morgan fingerprint density at radius 2 is 1.54 bits per heavy atom. The molecule has 1 aliphatic heterocycles. The number of aromatic nitrogens is 1. The molecule has 132 valence electrons. The fraction of sp³-hybridized carbons (Fsp3) is 0.158. The minimum absolute atomic E-state index is 0.149. The van der Waals surface area contributed by atoms with Crippen LogP contribution in [0, 0.1) is 11.6 Å². The first-order chi connectivity index (χ1) is 12.5. The lowest BCUT2D eigenvalue weighted by Crippen LogP contribution is -2.34. The van der Waals surface area contributed by atoms with Gasteiger partial charge in [-0.2, -0.15) is 0 Å². The molecule has 0 fully saturated rings. The standard InChI is InChI=1S/C19H14F2N2O2S/c1-22-18-17(26-19(22)25)15(11-2-4-12(20)5-3-11)10-16(24)23(18)14-8-6-13(21)7-9-14/h2-9,15H,10H2,1H3/t15-/m0/s1. The molecular formula is C19H14F2N2O2S. The number of fused-ring (bicyclic) bond motifs is 1. The second kappa shape index (κ2) is 6.17. The van der Waals surface area contributed by atoms with Gasteiger partial charge in [0.25, 0.3) is 0 Å². The zero-order chi connectivity index (χ0) is 18.4. The van der Waals surface area contributed by atoms with Gasteiger partial charge < -0.3 is 0 Å². The molecule has 0 spiro atoms. The molecule has 4 nitrogen and oxygen atoms in total. The van der Waals surface area contributed by atoms with E-state index in [1.165, 1.54) is 45.9 Å². The largest absolute Gasteiger partial charge is 0.308 e. The molecule has 7 heteroatoms. The normalized spacial score (nSPS) is 16.7. The lowest BCUT2D eigenvalue weighted by atomic mass is 9.90. The summed E-state index contributed by atoms with van der Waals surface area (Å²) in [4.78, 5) is 27.2. The highest BCUT2D eigenvalue weighted by atomic mass is 32.1. The van der Waals surface area contributed by atoms with Gasteiger partial charge in [-0.3, -0.25) is 19.1 Å². The fourth-order valence-electron chi connectivity index (χ4n) is 3.24. The zero-order valence-corrected chi connectivity index (χ0v) is 14.6. The summed E-state index contributed by atoms with van der Waals surface area (Å²) in [5, 5.41) is 0. The molecule has 0 bridgehead atoms. The van der Waals surface area contributed by atoms with Crippen molar-refractivity contribution >= 4 is 28.7 Å². The van der Waals surface area contributed by atoms with Crippen LogP contribution in [0.1, 0.15) is 22.8 Å². The van der Waals surface area contributed by atoms with E-state index in [4.69, 9.17) is 0 Å². The van der Waals surface area contributed by atoms with Crippen molar-refractivity contribution in [3.05, 3.63) is 80.3 Å². The summed E-state index contributed by atoms with van der Waals surface area (Å²) in [6, 6.07) is 11.5. The molecule has 1 amide bonds. The van der Waals surface area contributed by atoms with Crippen molar-refractivity contribution in [1.82, 2.24) is 4.57 Å². The molecule has 0 radical (unpaired) electrons. The predicted molar refractivity (Wildman–Crippen MR) is 96.0 cm³/mol. The van der Waals surface area contributed by atoms with E-state index < -0.39 is 5.82 Å². The molecule has 1 atom stereocenters. The third kappa shape index (κ3) is 2.64. The van der Waals surface area contributed by atoms with Gasteiger partial charge in [-0.05, 0) is 42.0 Å². The van der Waals surface area contributed by atoms with Crippen molar-refractivity contribution in [3.8, 4) is 0 Å². The van der Waals surface area contributed by atoms with Crippen LogP contribution in [0.2, 0.25) is 0 Å². The Balaban J connectivity index is 1.88. The zero-order valence-electron chi connectivity index (χ0n) is 13.8. The highest BCUT2D eigenvalue weighted by molar-refractivity contribution is 7.10. The van der Waals surface area contributed by atoms with Crippen LogP contribution >= 0.6 is 11.3 Å². The van der Waals surface area contributed by atoms with E-state index in [0.29, 0.717) is 11.5 Å². The molecule has 1 aromatic heterocycles. The second-order valence-corrected chi connectivity index (χ2v) is 7.12. The number of hydrogen-bond acceptors (Lipinski definition) is 3. The Kier molecular flexibility index (Phi) is 3.96. The summed E-state index contributed by atoms with van der Waals surface area (Å²) in [6.07, 6.45) is 0.149. The van der Waals surface area contributed by atoms with Crippen molar-refractivity contribution in [3.63, 3.8) is 0 Å². The maximum atomic E-state index is 13.3. The number of nitrogens with zero attached hydrogens (tertiary/aromatic N) is 2. The monoisotopic (exact) mass is 372 g/mol. The van der Waals surface area contributed by atoms with Gasteiger partial charge in [0.15, 0.2) is 0 Å². The van der Waals surface area contributed by atoms with Crippen LogP contribution in [0.25, 0.3) is 0 Å². The van der Waals surface area contributed by atoms with E-state index in [2.05, 4.69) is 0 Å². The highest BCUT2D eigenvalue weighted by Gasteiger charge is 2.37. The summed E-state index contributed by atoms with van der Waals surface area (Å²) >= 11 is 1.07. The van der Waals surface area contributed by atoms with E-state index in [1.54, 1.807) is 19.2 Å². The molecule has 2 aromatic carbocycles. The Bertz CT molecular complexity index is 1040. The average Bonchev–Trinajstić information content (AvgIpc) is 2.92. The van der Waals surface area contributed by atoms with Crippen molar-refractivity contribution in [1.29, 1.82) is 0 Å². The second-order valence-electron chi connectivity index (χ2n) is 6.13. The summed E-state index contributed by atoms with van der Waals surface area (Å²) in [5.41, 5.74) is 1.28. The Hall–Kier alpha value is -2.80. The van der Waals surface area contributed by atoms with Gasteiger partial charge in [-0.1, -0.05) is 23.5 Å². The molecule has 0 aliphatic carbocycles. The van der Waals surface area contributed by atoms with E-state index in [-0.39, 0.29) is 28.9 Å². The van der Waals surface area contributed by atoms with Crippen molar-refractivity contribution in [2.75, 3.05) is 4.90 Å². The van der Waals surface area contributed by atoms with Gasteiger partial charge >= 0.3 is 4.87 Å². The number of amides is 1. The minimum atomic E-state index is -0.401. The number of anilines is 2. The summed E-state index contributed by atoms with van der Waals surface area (Å²) in [6.45, 7) is 0. The number of rotatable bonds is 2. The lowest BCUT2D eigenvalue weighted by Gasteiger charge is -2.32. The first-order valence-corrected chi connectivity index (χ1v) is 8.81. The molecule has 4 rings (SSSR count). The van der Waals surface area contributed by atoms with Crippen LogP contribution in [0.3, 0.4) is 0 Å². The Morgan fingerprint density at radius 3 is 2.15 bits per heavy atom. The van der Waals surface area contributed by atoms with Gasteiger partial charge in [0.05, 0.1) is 10.6 Å². The summed E-state index contributed by atoms with van der Waals surface area (Å²) < 4.78 is 27.9. The van der Waals surface area contributed by atoms with Crippen molar-refractivity contribution in [2.24, 2.45) is 7.05 Å². The van der Waals surface area contributed by atoms with E-state index in [9.17, 15) is 18.4 Å². The molecule has 0 saturated carbocycles. The van der Waals surface area contributed by atoms with Crippen LogP contribution in [0.4, 0.5) is 20.3 Å². The number of hydrogen-bond donors (Lipinski definition) is 0. The van der Waals surface area contributed by atoms with Crippen LogP contribution in [0.15, 0.2) is 53.3 Å². The SMILES string of the molecule is Cn1c2c(sc1=O)[C@H](c1ccc(F)cc1)CC(=O)N2c1ccc(F)cc1. The quantitative estimate of drug-likeness (QED) is 0.684. The number of carbonyl (C=O) groups excluding carboxylic acids is 1. The maximum Gasteiger partial charge on any atom is 0.308 e. The molecule has 0 unspecified atom stereocenters. The third-order valence-electron chi connectivity index (χ3n) is 4.52. The van der Waals surface area contributed by atoms with Crippen LogP contribution in [-0.2, 0) is 11.8 Å². The lowest BCUT2D eigenvalue weighted by molar-refractivity contribution is -0.118.